The quantitative estimate of drug-likeness (QED) is 0.786. The summed E-state index contributed by atoms with van der Waals surface area (Å²) >= 11 is 8.92. The zero-order valence-electron chi connectivity index (χ0n) is 8.96. The van der Waals surface area contributed by atoms with Gasteiger partial charge in [0.2, 0.25) is 0 Å². The molecular formula is C11H14BrClN2O. The summed E-state index contributed by atoms with van der Waals surface area (Å²) in [6, 6.07) is 0. The predicted molar refractivity (Wildman–Crippen MR) is 67.8 cm³/mol. The van der Waals surface area contributed by atoms with E-state index >= 15 is 0 Å². The molecule has 0 atom stereocenters. The highest BCUT2D eigenvalue weighted by Crippen LogP contribution is 2.24. The molecule has 0 bridgehead atoms. The van der Waals surface area contributed by atoms with Gasteiger partial charge in [-0.25, -0.2) is 4.98 Å². The lowest BCUT2D eigenvalue weighted by Crippen LogP contribution is -2.26. The Morgan fingerprint density at radius 3 is 2.81 bits per heavy atom. The Morgan fingerprint density at radius 2 is 2.12 bits per heavy atom. The van der Waals surface area contributed by atoms with Gasteiger partial charge >= 0.3 is 0 Å². The van der Waals surface area contributed by atoms with Gasteiger partial charge in [0.05, 0.1) is 6.33 Å². The number of rotatable bonds is 2. The highest BCUT2D eigenvalue weighted by atomic mass is 79.9. The Kier molecular flexibility index (Phi) is 4.03. The average Bonchev–Trinajstić information content (AvgIpc) is 2.31. The van der Waals surface area contributed by atoms with Crippen LogP contribution in [0, 0.1) is 5.92 Å². The SMILES string of the molecule is O=c1c(Br)c(Cl)ncn1CC1CCCCC1. The predicted octanol–water partition coefficient (Wildman–Crippen LogP) is 3.24. The maximum atomic E-state index is 11.9. The van der Waals surface area contributed by atoms with Crippen LogP contribution >= 0.6 is 27.5 Å². The Hall–Kier alpha value is -0.350. The third-order valence-corrected chi connectivity index (χ3v) is 4.35. The second kappa shape index (κ2) is 5.32. The van der Waals surface area contributed by atoms with E-state index in [4.69, 9.17) is 11.6 Å². The summed E-state index contributed by atoms with van der Waals surface area (Å²) in [5.41, 5.74) is -0.0782. The fraction of sp³-hybridized carbons (Fsp3) is 0.636. The number of aromatic nitrogens is 2. The topological polar surface area (TPSA) is 34.9 Å². The van der Waals surface area contributed by atoms with Crippen LogP contribution in [0.3, 0.4) is 0 Å². The molecule has 0 aromatic carbocycles. The van der Waals surface area contributed by atoms with E-state index in [1.807, 2.05) is 0 Å². The highest BCUT2D eigenvalue weighted by Gasteiger charge is 2.15. The molecule has 0 aliphatic heterocycles. The summed E-state index contributed by atoms with van der Waals surface area (Å²) in [5.74, 6) is 0.612. The van der Waals surface area contributed by atoms with Crippen molar-refractivity contribution < 1.29 is 0 Å². The summed E-state index contributed by atoms with van der Waals surface area (Å²) in [5, 5.41) is 0.241. The normalized spacial score (nSPS) is 17.6. The van der Waals surface area contributed by atoms with E-state index in [0.29, 0.717) is 10.4 Å². The third-order valence-electron chi connectivity index (χ3n) is 3.12. The number of nitrogens with zero attached hydrogens (tertiary/aromatic N) is 2. The first-order valence-corrected chi connectivity index (χ1v) is 6.76. The first-order valence-electron chi connectivity index (χ1n) is 5.59. The first-order chi connectivity index (χ1) is 7.68. The molecule has 16 heavy (non-hydrogen) atoms. The Balaban J connectivity index is 2.15. The second-order valence-corrected chi connectivity index (χ2v) is 5.46. The molecule has 3 nitrogen and oxygen atoms in total. The molecule has 1 aliphatic rings. The molecule has 2 rings (SSSR count). The summed E-state index contributed by atoms with van der Waals surface area (Å²) < 4.78 is 2.03. The lowest BCUT2D eigenvalue weighted by molar-refractivity contribution is 0.314. The summed E-state index contributed by atoms with van der Waals surface area (Å²) in [4.78, 5) is 15.8. The molecule has 5 heteroatoms. The van der Waals surface area contributed by atoms with Gasteiger partial charge in [-0.05, 0) is 34.7 Å². The van der Waals surface area contributed by atoms with Gasteiger partial charge in [-0.2, -0.15) is 0 Å². The van der Waals surface area contributed by atoms with Crippen LogP contribution in [0.15, 0.2) is 15.6 Å². The number of hydrogen-bond acceptors (Lipinski definition) is 2. The van der Waals surface area contributed by atoms with Crippen LogP contribution in [-0.4, -0.2) is 9.55 Å². The second-order valence-electron chi connectivity index (χ2n) is 4.31. The maximum Gasteiger partial charge on any atom is 0.269 e. The van der Waals surface area contributed by atoms with Gasteiger partial charge in [-0.3, -0.25) is 9.36 Å². The van der Waals surface area contributed by atoms with Gasteiger partial charge < -0.3 is 0 Å². The minimum absolute atomic E-state index is 0.0782. The summed E-state index contributed by atoms with van der Waals surface area (Å²) in [7, 11) is 0. The van der Waals surface area contributed by atoms with Crippen LogP contribution in [0.5, 0.6) is 0 Å². The standard InChI is InChI=1S/C11H14BrClN2O/c12-9-10(13)14-7-15(11(9)16)6-8-4-2-1-3-5-8/h7-8H,1-6H2. The van der Waals surface area contributed by atoms with E-state index in [2.05, 4.69) is 20.9 Å². The van der Waals surface area contributed by atoms with Crippen LogP contribution in [0.2, 0.25) is 5.15 Å². The van der Waals surface area contributed by atoms with E-state index in [1.54, 1.807) is 10.9 Å². The molecule has 0 saturated heterocycles. The van der Waals surface area contributed by atoms with Gasteiger partial charge in [-0.1, -0.05) is 30.9 Å². The Morgan fingerprint density at radius 1 is 1.44 bits per heavy atom. The van der Waals surface area contributed by atoms with Crippen LogP contribution in [0.4, 0.5) is 0 Å². The monoisotopic (exact) mass is 304 g/mol. The van der Waals surface area contributed by atoms with Crippen molar-refractivity contribution in [3.8, 4) is 0 Å². The molecule has 1 saturated carbocycles. The molecule has 0 N–H and O–H groups in total. The molecule has 1 aromatic rings. The highest BCUT2D eigenvalue weighted by molar-refractivity contribution is 9.10. The van der Waals surface area contributed by atoms with Crippen LogP contribution in [0.25, 0.3) is 0 Å². The molecular weight excluding hydrogens is 291 g/mol. The van der Waals surface area contributed by atoms with Crippen molar-refractivity contribution in [1.82, 2.24) is 9.55 Å². The van der Waals surface area contributed by atoms with Crippen LogP contribution in [-0.2, 0) is 6.54 Å². The van der Waals surface area contributed by atoms with Gasteiger partial charge in [0.15, 0.2) is 5.15 Å². The summed E-state index contributed by atoms with van der Waals surface area (Å²) in [6.07, 6.45) is 7.86. The fourth-order valence-corrected chi connectivity index (χ4v) is 2.68. The van der Waals surface area contributed by atoms with Gasteiger partial charge in [0, 0.05) is 6.54 Å². The van der Waals surface area contributed by atoms with Gasteiger partial charge in [0.1, 0.15) is 4.47 Å². The molecule has 1 aliphatic carbocycles. The lowest BCUT2D eigenvalue weighted by atomic mass is 9.89. The minimum atomic E-state index is -0.0782. The molecule has 1 heterocycles. The van der Waals surface area contributed by atoms with Crippen molar-refractivity contribution in [2.24, 2.45) is 5.92 Å². The van der Waals surface area contributed by atoms with E-state index in [0.717, 1.165) is 6.54 Å². The van der Waals surface area contributed by atoms with Crippen molar-refractivity contribution in [2.45, 2.75) is 38.6 Å². The minimum Gasteiger partial charge on any atom is -0.298 e. The molecule has 0 amide bonds. The van der Waals surface area contributed by atoms with Crippen molar-refractivity contribution in [3.05, 3.63) is 26.3 Å². The van der Waals surface area contributed by atoms with Crippen LogP contribution < -0.4 is 5.56 Å². The fourth-order valence-electron chi connectivity index (χ4n) is 2.22. The van der Waals surface area contributed by atoms with Gasteiger partial charge in [0.25, 0.3) is 5.56 Å². The zero-order chi connectivity index (χ0) is 11.5. The smallest absolute Gasteiger partial charge is 0.269 e. The van der Waals surface area contributed by atoms with Crippen molar-refractivity contribution in [2.75, 3.05) is 0 Å². The third kappa shape index (κ3) is 2.66. The van der Waals surface area contributed by atoms with E-state index in [-0.39, 0.29) is 10.7 Å². The average molecular weight is 306 g/mol. The zero-order valence-corrected chi connectivity index (χ0v) is 11.3. The Bertz CT molecular complexity index is 426. The van der Waals surface area contributed by atoms with Crippen molar-refractivity contribution in [3.63, 3.8) is 0 Å². The van der Waals surface area contributed by atoms with Gasteiger partial charge in [-0.15, -0.1) is 0 Å². The maximum absolute atomic E-state index is 11.9. The molecule has 88 valence electrons. The molecule has 0 unspecified atom stereocenters. The van der Waals surface area contributed by atoms with E-state index in [1.165, 1.54) is 32.1 Å². The van der Waals surface area contributed by atoms with Crippen LogP contribution in [0.1, 0.15) is 32.1 Å². The number of hydrogen-bond donors (Lipinski definition) is 0. The van der Waals surface area contributed by atoms with E-state index < -0.39 is 0 Å². The van der Waals surface area contributed by atoms with Crippen molar-refractivity contribution in [1.29, 1.82) is 0 Å². The molecule has 0 radical (unpaired) electrons. The largest absolute Gasteiger partial charge is 0.298 e. The number of halogens is 2. The van der Waals surface area contributed by atoms with E-state index in [9.17, 15) is 4.79 Å². The first kappa shape index (κ1) is 12.1. The molecule has 1 fully saturated rings. The van der Waals surface area contributed by atoms with Crippen molar-refractivity contribution >= 4 is 27.5 Å². The molecule has 0 spiro atoms. The summed E-state index contributed by atoms with van der Waals surface area (Å²) in [6.45, 7) is 0.765. The molecule has 1 aromatic heterocycles. The Labute approximate surface area is 108 Å². The lowest BCUT2D eigenvalue weighted by Gasteiger charge is -2.22.